The molecule has 1 rings (SSSR count). The van der Waals surface area contributed by atoms with Crippen LogP contribution in [0, 0.1) is 20.8 Å². The second-order valence-electron chi connectivity index (χ2n) is 4.20. The molecule has 0 spiro atoms. The molecule has 0 amide bonds. The minimum Gasteiger partial charge on any atom is -0.481 e. The first-order valence-electron chi connectivity index (χ1n) is 5.50. The van der Waals surface area contributed by atoms with Crippen LogP contribution in [0.4, 0.5) is 0 Å². The van der Waals surface area contributed by atoms with E-state index >= 15 is 0 Å². The number of nitrogens with one attached hydrogen (secondary N) is 1. The summed E-state index contributed by atoms with van der Waals surface area (Å²) in [6, 6.07) is 4.31. The Morgan fingerprint density at radius 3 is 2.31 bits per heavy atom. The SMILES string of the molecule is Cc1cc(C)c(CNCCC(=O)O)c(C)c1. The predicted octanol–water partition coefficient (Wildman–Crippen LogP) is 2.18. The van der Waals surface area contributed by atoms with E-state index in [-0.39, 0.29) is 6.42 Å². The second-order valence-corrected chi connectivity index (χ2v) is 4.20. The van der Waals surface area contributed by atoms with E-state index in [9.17, 15) is 4.79 Å². The lowest BCUT2D eigenvalue weighted by atomic mass is 10.00. The Morgan fingerprint density at radius 2 is 1.81 bits per heavy atom. The highest BCUT2D eigenvalue weighted by atomic mass is 16.4. The summed E-state index contributed by atoms with van der Waals surface area (Å²) in [5.74, 6) is -0.759. The molecule has 0 atom stereocenters. The number of hydrogen-bond acceptors (Lipinski definition) is 2. The Hall–Kier alpha value is -1.35. The first-order valence-corrected chi connectivity index (χ1v) is 5.50. The number of aliphatic carboxylic acids is 1. The van der Waals surface area contributed by atoms with Crippen LogP contribution < -0.4 is 5.32 Å². The van der Waals surface area contributed by atoms with Crippen LogP contribution in [-0.2, 0) is 11.3 Å². The largest absolute Gasteiger partial charge is 0.481 e. The van der Waals surface area contributed by atoms with Gasteiger partial charge in [0.15, 0.2) is 0 Å². The monoisotopic (exact) mass is 221 g/mol. The van der Waals surface area contributed by atoms with Crippen LogP contribution in [-0.4, -0.2) is 17.6 Å². The number of benzene rings is 1. The van der Waals surface area contributed by atoms with Gasteiger partial charge in [0.05, 0.1) is 6.42 Å². The zero-order valence-corrected chi connectivity index (χ0v) is 10.1. The average Bonchev–Trinajstić information content (AvgIpc) is 2.14. The third-order valence-electron chi connectivity index (χ3n) is 2.66. The zero-order chi connectivity index (χ0) is 12.1. The summed E-state index contributed by atoms with van der Waals surface area (Å²) < 4.78 is 0. The summed E-state index contributed by atoms with van der Waals surface area (Å²) in [7, 11) is 0. The summed E-state index contributed by atoms with van der Waals surface area (Å²) >= 11 is 0. The van der Waals surface area contributed by atoms with E-state index in [1.165, 1.54) is 22.3 Å². The van der Waals surface area contributed by atoms with Crippen molar-refractivity contribution in [3.05, 3.63) is 34.4 Å². The van der Waals surface area contributed by atoms with Gasteiger partial charge in [0.25, 0.3) is 0 Å². The molecule has 0 radical (unpaired) electrons. The maximum atomic E-state index is 10.3. The van der Waals surface area contributed by atoms with Gasteiger partial charge < -0.3 is 10.4 Å². The smallest absolute Gasteiger partial charge is 0.304 e. The summed E-state index contributed by atoms with van der Waals surface area (Å²) in [4.78, 5) is 10.3. The lowest BCUT2D eigenvalue weighted by molar-refractivity contribution is -0.136. The molecule has 0 aromatic heterocycles. The number of carboxylic acid groups (broad SMARTS) is 1. The van der Waals surface area contributed by atoms with E-state index in [2.05, 4.69) is 38.2 Å². The normalized spacial score (nSPS) is 10.4. The number of carboxylic acids is 1. The minimum absolute atomic E-state index is 0.171. The number of rotatable bonds is 5. The highest BCUT2D eigenvalue weighted by Gasteiger charge is 2.03. The number of aryl methyl sites for hydroxylation is 3. The zero-order valence-electron chi connectivity index (χ0n) is 10.1. The molecule has 0 aliphatic rings. The van der Waals surface area contributed by atoms with Gasteiger partial charge in [0, 0.05) is 13.1 Å². The Kier molecular flexibility index (Phi) is 4.50. The number of hydrogen-bond donors (Lipinski definition) is 2. The molecule has 0 bridgehead atoms. The molecular formula is C13H19NO2. The molecule has 3 nitrogen and oxygen atoms in total. The molecule has 1 aromatic carbocycles. The van der Waals surface area contributed by atoms with Gasteiger partial charge in [0.2, 0.25) is 0 Å². The molecular weight excluding hydrogens is 202 g/mol. The Morgan fingerprint density at radius 1 is 1.25 bits per heavy atom. The topological polar surface area (TPSA) is 49.3 Å². The molecule has 3 heteroatoms. The Labute approximate surface area is 96.5 Å². The molecule has 0 unspecified atom stereocenters. The van der Waals surface area contributed by atoms with Gasteiger partial charge in [-0.15, -0.1) is 0 Å². The van der Waals surface area contributed by atoms with Gasteiger partial charge in [-0.2, -0.15) is 0 Å². The highest BCUT2D eigenvalue weighted by Crippen LogP contribution is 2.15. The molecule has 2 N–H and O–H groups in total. The van der Waals surface area contributed by atoms with Gasteiger partial charge in [0.1, 0.15) is 0 Å². The summed E-state index contributed by atoms with van der Waals surface area (Å²) in [5, 5.41) is 11.7. The van der Waals surface area contributed by atoms with Gasteiger partial charge in [-0.25, -0.2) is 0 Å². The second kappa shape index (κ2) is 5.66. The van der Waals surface area contributed by atoms with E-state index in [0.717, 1.165) is 6.54 Å². The third kappa shape index (κ3) is 3.66. The van der Waals surface area contributed by atoms with Crippen molar-refractivity contribution >= 4 is 5.97 Å². The molecule has 1 aromatic rings. The van der Waals surface area contributed by atoms with Crippen LogP contribution in [0.5, 0.6) is 0 Å². The third-order valence-corrected chi connectivity index (χ3v) is 2.66. The maximum Gasteiger partial charge on any atom is 0.304 e. The van der Waals surface area contributed by atoms with Crippen molar-refractivity contribution in [3.63, 3.8) is 0 Å². The van der Waals surface area contributed by atoms with Crippen molar-refractivity contribution in [1.82, 2.24) is 5.32 Å². The predicted molar refractivity (Wildman–Crippen MR) is 64.6 cm³/mol. The fourth-order valence-corrected chi connectivity index (χ4v) is 1.90. The summed E-state index contributed by atoms with van der Waals surface area (Å²) in [6.45, 7) is 7.53. The van der Waals surface area contributed by atoms with Crippen LogP contribution in [0.1, 0.15) is 28.7 Å². The van der Waals surface area contributed by atoms with Gasteiger partial charge in [-0.1, -0.05) is 17.7 Å². The quantitative estimate of drug-likeness (QED) is 0.749. The van der Waals surface area contributed by atoms with Crippen molar-refractivity contribution < 1.29 is 9.90 Å². The first kappa shape index (κ1) is 12.7. The molecule has 0 fully saturated rings. The summed E-state index contributed by atoms with van der Waals surface area (Å²) in [6.07, 6.45) is 0.171. The van der Waals surface area contributed by atoms with Crippen molar-refractivity contribution in [2.24, 2.45) is 0 Å². The van der Waals surface area contributed by atoms with Crippen molar-refractivity contribution in [1.29, 1.82) is 0 Å². The summed E-state index contributed by atoms with van der Waals surface area (Å²) in [5.41, 5.74) is 5.07. The fraction of sp³-hybridized carbons (Fsp3) is 0.462. The Bertz CT molecular complexity index is 363. The fourth-order valence-electron chi connectivity index (χ4n) is 1.90. The van der Waals surface area contributed by atoms with Crippen LogP contribution >= 0.6 is 0 Å². The highest BCUT2D eigenvalue weighted by molar-refractivity contribution is 5.66. The lowest BCUT2D eigenvalue weighted by Crippen LogP contribution is -2.18. The van der Waals surface area contributed by atoms with Crippen LogP contribution in [0.15, 0.2) is 12.1 Å². The average molecular weight is 221 g/mol. The molecule has 0 heterocycles. The molecule has 88 valence electrons. The van der Waals surface area contributed by atoms with E-state index < -0.39 is 5.97 Å². The van der Waals surface area contributed by atoms with Gasteiger partial charge in [-0.3, -0.25) is 4.79 Å². The first-order chi connectivity index (χ1) is 7.50. The maximum absolute atomic E-state index is 10.3. The Balaban J connectivity index is 2.57. The van der Waals surface area contributed by atoms with E-state index in [0.29, 0.717) is 6.54 Å². The van der Waals surface area contributed by atoms with Crippen molar-refractivity contribution in [2.75, 3.05) is 6.54 Å². The lowest BCUT2D eigenvalue weighted by Gasteiger charge is -2.11. The van der Waals surface area contributed by atoms with E-state index in [1.54, 1.807) is 0 Å². The van der Waals surface area contributed by atoms with Crippen LogP contribution in [0.25, 0.3) is 0 Å². The van der Waals surface area contributed by atoms with Gasteiger partial charge in [-0.05, 0) is 37.5 Å². The van der Waals surface area contributed by atoms with Crippen LogP contribution in [0.2, 0.25) is 0 Å². The van der Waals surface area contributed by atoms with Crippen molar-refractivity contribution in [3.8, 4) is 0 Å². The molecule has 0 saturated heterocycles. The number of carbonyl (C=O) groups is 1. The standard InChI is InChI=1S/C13H19NO2/c1-9-6-10(2)12(11(3)7-9)8-14-5-4-13(15)16/h6-7,14H,4-5,8H2,1-3H3,(H,15,16). The van der Waals surface area contributed by atoms with Crippen molar-refractivity contribution in [2.45, 2.75) is 33.7 Å². The van der Waals surface area contributed by atoms with E-state index in [1.807, 2.05) is 0 Å². The molecule has 16 heavy (non-hydrogen) atoms. The van der Waals surface area contributed by atoms with Crippen LogP contribution in [0.3, 0.4) is 0 Å². The molecule has 0 aliphatic carbocycles. The molecule has 0 aliphatic heterocycles. The molecule has 0 saturated carbocycles. The van der Waals surface area contributed by atoms with E-state index in [4.69, 9.17) is 5.11 Å². The minimum atomic E-state index is -0.759. The van der Waals surface area contributed by atoms with Gasteiger partial charge >= 0.3 is 5.97 Å².